The van der Waals surface area contributed by atoms with Gasteiger partial charge in [-0.15, -0.1) is 0 Å². The second-order valence-corrected chi connectivity index (χ2v) is 3.63. The van der Waals surface area contributed by atoms with Crippen molar-refractivity contribution in [1.82, 2.24) is 9.88 Å². The molecule has 1 heterocycles. The minimum absolute atomic E-state index is 0.0696. The highest BCUT2D eigenvalue weighted by molar-refractivity contribution is 5.92. The Morgan fingerprint density at radius 3 is 2.67 bits per heavy atom. The molecule has 0 unspecified atom stereocenters. The Bertz CT molecular complexity index is 349. The van der Waals surface area contributed by atoms with Crippen LogP contribution in [-0.2, 0) is 0 Å². The first-order chi connectivity index (χ1) is 7.06. The lowest BCUT2D eigenvalue weighted by Gasteiger charge is -2.24. The minimum Gasteiger partial charge on any atom is -0.384 e. The van der Waals surface area contributed by atoms with Crippen molar-refractivity contribution < 1.29 is 4.79 Å². The summed E-state index contributed by atoms with van der Waals surface area (Å²) in [6, 6.07) is 5.27. The lowest BCUT2D eigenvalue weighted by Crippen LogP contribution is -2.37. The van der Waals surface area contributed by atoms with E-state index in [4.69, 9.17) is 5.73 Å². The lowest BCUT2D eigenvalue weighted by molar-refractivity contribution is 0.0711. The quantitative estimate of drug-likeness (QED) is 0.817. The fourth-order valence-corrected chi connectivity index (χ4v) is 1.46. The first-order valence-corrected chi connectivity index (χ1v) is 5.09. The number of nitrogen functional groups attached to an aromatic ring is 1. The van der Waals surface area contributed by atoms with Crippen LogP contribution >= 0.6 is 0 Å². The van der Waals surface area contributed by atoms with E-state index >= 15 is 0 Å². The van der Waals surface area contributed by atoms with Gasteiger partial charge in [-0.25, -0.2) is 4.98 Å². The summed E-state index contributed by atoms with van der Waals surface area (Å²) in [4.78, 5) is 17.7. The molecule has 0 fully saturated rings. The number of anilines is 1. The van der Waals surface area contributed by atoms with Gasteiger partial charge >= 0.3 is 0 Å². The maximum absolute atomic E-state index is 12.0. The third-order valence-electron chi connectivity index (χ3n) is 2.21. The van der Waals surface area contributed by atoms with Gasteiger partial charge in [-0.1, -0.05) is 6.07 Å². The summed E-state index contributed by atoms with van der Waals surface area (Å²) >= 11 is 0. The van der Waals surface area contributed by atoms with Crippen molar-refractivity contribution in [1.29, 1.82) is 0 Å². The van der Waals surface area contributed by atoms with Gasteiger partial charge in [0.25, 0.3) is 5.91 Å². The molecule has 1 aromatic rings. The molecule has 4 nitrogen and oxygen atoms in total. The largest absolute Gasteiger partial charge is 0.384 e. The number of rotatable bonds is 3. The first-order valence-electron chi connectivity index (χ1n) is 5.09. The van der Waals surface area contributed by atoms with Gasteiger partial charge in [0.15, 0.2) is 0 Å². The highest BCUT2D eigenvalue weighted by Gasteiger charge is 2.17. The van der Waals surface area contributed by atoms with Crippen LogP contribution in [0.4, 0.5) is 5.82 Å². The summed E-state index contributed by atoms with van der Waals surface area (Å²) in [6.07, 6.45) is 0. The van der Waals surface area contributed by atoms with Crippen LogP contribution in [0, 0.1) is 0 Å². The molecular weight excluding hydrogens is 190 g/mol. The smallest absolute Gasteiger partial charge is 0.272 e. The van der Waals surface area contributed by atoms with E-state index in [0.717, 1.165) is 0 Å². The molecule has 0 atom stereocenters. The van der Waals surface area contributed by atoms with E-state index in [0.29, 0.717) is 18.1 Å². The third-order valence-corrected chi connectivity index (χ3v) is 2.21. The molecule has 0 bridgehead atoms. The highest BCUT2D eigenvalue weighted by atomic mass is 16.2. The zero-order valence-electron chi connectivity index (χ0n) is 9.40. The van der Waals surface area contributed by atoms with E-state index in [9.17, 15) is 4.79 Å². The summed E-state index contributed by atoms with van der Waals surface area (Å²) in [6.45, 7) is 6.58. The maximum atomic E-state index is 12.0. The Balaban J connectivity index is 2.93. The molecule has 0 aliphatic heterocycles. The van der Waals surface area contributed by atoms with E-state index in [1.807, 2.05) is 20.8 Å². The Morgan fingerprint density at radius 1 is 1.53 bits per heavy atom. The van der Waals surface area contributed by atoms with Crippen LogP contribution in [0.2, 0.25) is 0 Å². The number of nitrogens with two attached hydrogens (primary N) is 1. The number of nitrogens with zero attached hydrogens (tertiary/aromatic N) is 2. The van der Waals surface area contributed by atoms with Crippen LogP contribution in [0.5, 0.6) is 0 Å². The molecule has 0 radical (unpaired) electrons. The second kappa shape index (κ2) is 4.77. The van der Waals surface area contributed by atoms with Gasteiger partial charge in [-0.2, -0.15) is 0 Å². The third kappa shape index (κ3) is 2.68. The van der Waals surface area contributed by atoms with Crippen LogP contribution in [0.3, 0.4) is 0 Å². The molecule has 0 saturated heterocycles. The summed E-state index contributed by atoms with van der Waals surface area (Å²) in [7, 11) is 0. The van der Waals surface area contributed by atoms with Gasteiger partial charge in [0, 0.05) is 12.6 Å². The van der Waals surface area contributed by atoms with Gasteiger partial charge < -0.3 is 10.6 Å². The number of hydrogen-bond donors (Lipinski definition) is 1. The molecule has 1 amide bonds. The average molecular weight is 207 g/mol. The number of hydrogen-bond acceptors (Lipinski definition) is 3. The molecule has 15 heavy (non-hydrogen) atoms. The van der Waals surface area contributed by atoms with Gasteiger partial charge in [-0.05, 0) is 32.9 Å². The molecule has 1 rings (SSSR count). The molecule has 0 aromatic carbocycles. The van der Waals surface area contributed by atoms with Gasteiger partial charge in [0.05, 0.1) is 0 Å². The Labute approximate surface area is 90.1 Å². The summed E-state index contributed by atoms with van der Waals surface area (Å²) in [5.41, 5.74) is 5.94. The standard InChI is InChI=1S/C11H17N3O/c1-4-14(8(2)3)11(15)9-6-5-7-10(12)13-9/h5-8H,4H2,1-3H3,(H2,12,13). The maximum Gasteiger partial charge on any atom is 0.272 e. The zero-order valence-corrected chi connectivity index (χ0v) is 9.40. The van der Waals surface area contributed by atoms with Crippen LogP contribution < -0.4 is 5.73 Å². The first kappa shape index (κ1) is 11.5. The van der Waals surface area contributed by atoms with Crippen molar-refractivity contribution in [2.24, 2.45) is 0 Å². The summed E-state index contributed by atoms with van der Waals surface area (Å²) < 4.78 is 0. The number of pyridine rings is 1. The van der Waals surface area contributed by atoms with Crippen molar-refractivity contribution in [3.63, 3.8) is 0 Å². The molecule has 4 heteroatoms. The number of carbonyl (C=O) groups is 1. The molecular formula is C11H17N3O. The molecule has 0 saturated carbocycles. The number of aromatic nitrogens is 1. The molecule has 82 valence electrons. The fraction of sp³-hybridized carbons (Fsp3) is 0.455. The summed E-state index contributed by atoms with van der Waals surface area (Å²) in [5.74, 6) is 0.306. The van der Waals surface area contributed by atoms with Gasteiger partial charge in [-0.3, -0.25) is 4.79 Å². The Hall–Kier alpha value is -1.58. The zero-order chi connectivity index (χ0) is 11.4. The molecule has 0 aliphatic rings. The second-order valence-electron chi connectivity index (χ2n) is 3.63. The Kier molecular flexibility index (Phi) is 3.66. The number of carbonyl (C=O) groups excluding carboxylic acids is 1. The van der Waals surface area contributed by atoms with Crippen LogP contribution in [0.15, 0.2) is 18.2 Å². The minimum atomic E-state index is -0.0696. The monoisotopic (exact) mass is 207 g/mol. The normalized spacial score (nSPS) is 10.4. The average Bonchev–Trinajstić information content (AvgIpc) is 2.18. The van der Waals surface area contributed by atoms with Gasteiger partial charge in [0.2, 0.25) is 0 Å². The lowest BCUT2D eigenvalue weighted by atomic mass is 10.2. The predicted octanol–water partition coefficient (Wildman–Crippen LogP) is 1.53. The SMILES string of the molecule is CCN(C(=O)c1cccc(N)n1)C(C)C. The van der Waals surface area contributed by atoms with Crippen molar-refractivity contribution in [3.05, 3.63) is 23.9 Å². The molecule has 2 N–H and O–H groups in total. The van der Waals surface area contributed by atoms with E-state index in [1.54, 1.807) is 23.1 Å². The van der Waals surface area contributed by atoms with E-state index in [2.05, 4.69) is 4.98 Å². The Morgan fingerprint density at radius 2 is 2.20 bits per heavy atom. The fourth-order valence-electron chi connectivity index (χ4n) is 1.46. The van der Waals surface area contributed by atoms with Crippen molar-refractivity contribution >= 4 is 11.7 Å². The highest BCUT2D eigenvalue weighted by Crippen LogP contribution is 2.07. The molecule has 1 aromatic heterocycles. The predicted molar refractivity (Wildman–Crippen MR) is 60.5 cm³/mol. The topological polar surface area (TPSA) is 59.2 Å². The van der Waals surface area contributed by atoms with Crippen molar-refractivity contribution in [3.8, 4) is 0 Å². The van der Waals surface area contributed by atoms with Crippen molar-refractivity contribution in [2.75, 3.05) is 12.3 Å². The van der Waals surface area contributed by atoms with E-state index < -0.39 is 0 Å². The van der Waals surface area contributed by atoms with Crippen molar-refractivity contribution in [2.45, 2.75) is 26.8 Å². The van der Waals surface area contributed by atoms with E-state index in [1.165, 1.54) is 0 Å². The van der Waals surface area contributed by atoms with Crippen LogP contribution in [0.1, 0.15) is 31.3 Å². The molecule has 0 aliphatic carbocycles. The van der Waals surface area contributed by atoms with E-state index in [-0.39, 0.29) is 11.9 Å². The van der Waals surface area contributed by atoms with Crippen LogP contribution in [0.25, 0.3) is 0 Å². The number of amides is 1. The summed E-state index contributed by atoms with van der Waals surface area (Å²) in [5, 5.41) is 0. The molecule has 0 spiro atoms. The van der Waals surface area contributed by atoms with Gasteiger partial charge in [0.1, 0.15) is 11.5 Å². The van der Waals surface area contributed by atoms with Crippen LogP contribution in [-0.4, -0.2) is 28.4 Å².